The van der Waals surface area contributed by atoms with Crippen LogP contribution in [0.25, 0.3) is 0 Å². The molecule has 51 heavy (non-hydrogen) atoms. The normalized spacial score (nSPS) is 18.3. The summed E-state index contributed by atoms with van der Waals surface area (Å²) in [6.45, 7) is 4.00. The standard InChI is InChI=1S/C35H39Cl2N5O6S2.ClH/c1-6-24-22-30(48-7-2)29(23-31(24)50(46,47)39(3)4)34-38-32(25-8-12-27(36)13-9-25)33(26-10-14-28(37)15-11-26)42(34)35(43)41-18-16-40(17-19-41)20-21-49(5,44)45;/h1,8-15,22-23,32-33H,7,16-21H2,2-5H3;1H/t32-,33+;/m0./s1. The number of amides is 2. The fourth-order valence-electron chi connectivity index (χ4n) is 6.00. The highest BCUT2D eigenvalue weighted by Gasteiger charge is 2.45. The zero-order valence-electron chi connectivity index (χ0n) is 28.6. The van der Waals surface area contributed by atoms with Crippen molar-refractivity contribution >= 4 is 67.3 Å². The van der Waals surface area contributed by atoms with Crippen LogP contribution in [0.2, 0.25) is 10.0 Å². The number of piperazine rings is 1. The maximum Gasteiger partial charge on any atom is 0.326 e. The molecular formula is C35H40Cl3N5O6S2. The third kappa shape index (κ3) is 9.00. The van der Waals surface area contributed by atoms with Crippen LogP contribution in [0.4, 0.5) is 4.79 Å². The van der Waals surface area contributed by atoms with Gasteiger partial charge in [0, 0.05) is 68.7 Å². The third-order valence-electron chi connectivity index (χ3n) is 8.65. The van der Waals surface area contributed by atoms with Crippen molar-refractivity contribution in [2.45, 2.75) is 23.9 Å². The number of nitrogens with zero attached hydrogens (tertiary/aromatic N) is 5. The van der Waals surface area contributed by atoms with Crippen LogP contribution < -0.4 is 4.74 Å². The van der Waals surface area contributed by atoms with E-state index in [9.17, 15) is 21.6 Å². The van der Waals surface area contributed by atoms with Crippen LogP contribution in [0.1, 0.15) is 41.3 Å². The first-order valence-electron chi connectivity index (χ1n) is 15.9. The number of hydrogen-bond acceptors (Lipinski definition) is 8. The predicted octanol–water partition coefficient (Wildman–Crippen LogP) is 5.37. The maximum atomic E-state index is 14.9. The Morgan fingerprint density at radius 2 is 1.53 bits per heavy atom. The van der Waals surface area contributed by atoms with E-state index >= 15 is 0 Å². The van der Waals surface area contributed by atoms with Gasteiger partial charge in [-0.25, -0.2) is 25.9 Å². The lowest BCUT2D eigenvalue weighted by Crippen LogP contribution is -2.54. The molecule has 0 spiro atoms. The number of carbonyl (C=O) groups is 1. The Morgan fingerprint density at radius 3 is 2.04 bits per heavy atom. The average molecular weight is 797 g/mol. The van der Waals surface area contributed by atoms with E-state index in [1.807, 2.05) is 29.2 Å². The molecule has 2 amide bonds. The van der Waals surface area contributed by atoms with Crippen LogP contribution in [-0.4, -0.2) is 113 Å². The quantitative estimate of drug-likeness (QED) is 0.253. The van der Waals surface area contributed by atoms with Gasteiger partial charge in [0.2, 0.25) is 10.0 Å². The number of ether oxygens (including phenoxy) is 1. The molecular weight excluding hydrogens is 757 g/mol. The highest BCUT2D eigenvalue weighted by molar-refractivity contribution is 7.90. The average Bonchev–Trinajstić information content (AvgIpc) is 3.47. The highest BCUT2D eigenvalue weighted by Crippen LogP contribution is 2.46. The summed E-state index contributed by atoms with van der Waals surface area (Å²) in [6.07, 6.45) is 7.02. The van der Waals surface area contributed by atoms with Gasteiger partial charge in [-0.1, -0.05) is 53.4 Å². The van der Waals surface area contributed by atoms with Crippen molar-refractivity contribution in [3.8, 4) is 18.1 Å². The number of halogens is 3. The van der Waals surface area contributed by atoms with Gasteiger partial charge in [0.1, 0.15) is 27.5 Å². The van der Waals surface area contributed by atoms with E-state index in [-0.39, 0.29) is 58.4 Å². The third-order valence-corrected chi connectivity index (χ3v) is 11.9. The number of hydrogen-bond donors (Lipinski definition) is 0. The second kappa shape index (κ2) is 16.5. The van der Waals surface area contributed by atoms with Gasteiger partial charge in [-0.3, -0.25) is 14.8 Å². The van der Waals surface area contributed by atoms with Crippen LogP contribution in [0.5, 0.6) is 5.75 Å². The van der Waals surface area contributed by atoms with Gasteiger partial charge in [-0.15, -0.1) is 18.8 Å². The Kier molecular flexibility index (Phi) is 13.1. The van der Waals surface area contributed by atoms with E-state index in [0.29, 0.717) is 42.8 Å². The summed E-state index contributed by atoms with van der Waals surface area (Å²) in [7, 11) is -4.36. The number of benzene rings is 3. The lowest BCUT2D eigenvalue weighted by atomic mass is 9.93. The number of rotatable bonds is 10. The van der Waals surface area contributed by atoms with Crippen LogP contribution in [0, 0.1) is 12.3 Å². The Morgan fingerprint density at radius 1 is 0.961 bits per heavy atom. The first kappa shape index (κ1) is 40.4. The first-order chi connectivity index (χ1) is 23.6. The lowest BCUT2D eigenvalue weighted by molar-refractivity contribution is 0.122. The predicted molar refractivity (Wildman–Crippen MR) is 204 cm³/mol. The summed E-state index contributed by atoms with van der Waals surface area (Å²) in [4.78, 5) is 25.2. The summed E-state index contributed by atoms with van der Waals surface area (Å²) >= 11 is 12.6. The van der Waals surface area contributed by atoms with Gasteiger partial charge in [0.15, 0.2) is 0 Å². The molecule has 0 bridgehead atoms. The van der Waals surface area contributed by atoms with Gasteiger partial charge in [-0.2, -0.15) is 0 Å². The molecule has 16 heteroatoms. The SMILES string of the molecule is C#Cc1cc(OCC)c(C2=N[C@@H](c3ccc(Cl)cc3)[C@@H](c3ccc(Cl)cc3)N2C(=O)N2CCN(CCS(C)(=O)=O)CC2)cc1S(=O)(=O)N(C)C.Cl. The van der Waals surface area contributed by atoms with Gasteiger partial charge in [0.25, 0.3) is 0 Å². The zero-order valence-corrected chi connectivity index (χ0v) is 32.6. The molecule has 0 aliphatic carbocycles. The fraction of sp³-hybridized carbons (Fsp3) is 0.371. The van der Waals surface area contributed by atoms with E-state index in [4.69, 9.17) is 39.4 Å². The Bertz CT molecular complexity index is 2030. The van der Waals surface area contributed by atoms with E-state index in [1.165, 1.54) is 32.5 Å². The second-order valence-corrected chi connectivity index (χ2v) is 17.5. The van der Waals surface area contributed by atoms with Crippen LogP contribution in [-0.2, 0) is 19.9 Å². The monoisotopic (exact) mass is 795 g/mol. The molecule has 0 aromatic heterocycles. The Hall–Kier alpha value is -3.35. The number of aliphatic imine (C=N–C) groups is 1. The molecule has 1 fully saturated rings. The summed E-state index contributed by atoms with van der Waals surface area (Å²) < 4.78 is 57.9. The molecule has 0 saturated carbocycles. The molecule has 3 aromatic rings. The largest absolute Gasteiger partial charge is 0.493 e. The molecule has 0 radical (unpaired) electrons. The van der Waals surface area contributed by atoms with Gasteiger partial charge >= 0.3 is 6.03 Å². The molecule has 2 aliphatic rings. The molecule has 3 aromatic carbocycles. The minimum absolute atomic E-state index is 0. The minimum atomic E-state index is -4.04. The molecule has 274 valence electrons. The topological polar surface area (TPSA) is 120 Å². The summed E-state index contributed by atoms with van der Waals surface area (Å²) in [5, 5.41) is 1.05. The number of carbonyl (C=O) groups excluding carboxylic acids is 1. The van der Waals surface area contributed by atoms with E-state index < -0.39 is 31.9 Å². The van der Waals surface area contributed by atoms with Crippen molar-refractivity contribution in [2.75, 3.05) is 65.4 Å². The molecule has 0 unspecified atom stereocenters. The van der Waals surface area contributed by atoms with Crippen LogP contribution >= 0.6 is 35.6 Å². The molecule has 2 aliphatic heterocycles. The van der Waals surface area contributed by atoms with Crippen molar-refractivity contribution in [1.29, 1.82) is 0 Å². The van der Waals surface area contributed by atoms with Gasteiger partial charge < -0.3 is 9.64 Å². The molecule has 1 saturated heterocycles. The van der Waals surface area contributed by atoms with Crippen LogP contribution in [0.3, 0.4) is 0 Å². The molecule has 5 rings (SSSR count). The maximum absolute atomic E-state index is 14.9. The van der Waals surface area contributed by atoms with E-state index in [0.717, 1.165) is 15.4 Å². The van der Waals surface area contributed by atoms with Gasteiger partial charge in [-0.05, 0) is 54.4 Å². The van der Waals surface area contributed by atoms with Crippen molar-refractivity contribution < 1.29 is 26.4 Å². The first-order valence-corrected chi connectivity index (χ1v) is 20.2. The molecule has 0 N–H and O–H groups in total. The fourth-order valence-corrected chi connectivity index (χ4v) is 7.89. The molecule has 2 atom stereocenters. The molecule has 11 nitrogen and oxygen atoms in total. The van der Waals surface area contributed by atoms with Crippen molar-refractivity contribution in [3.05, 3.63) is 93.0 Å². The Balaban J connectivity index is 0.00000583. The molecule has 2 heterocycles. The number of sulfone groups is 1. The minimum Gasteiger partial charge on any atom is -0.493 e. The highest BCUT2D eigenvalue weighted by atomic mass is 35.5. The number of sulfonamides is 1. The smallest absolute Gasteiger partial charge is 0.326 e. The second-order valence-electron chi connectivity index (χ2n) is 12.3. The van der Waals surface area contributed by atoms with Gasteiger partial charge in [0.05, 0.1) is 28.9 Å². The number of amidine groups is 1. The van der Waals surface area contributed by atoms with E-state index in [2.05, 4.69) is 5.92 Å². The van der Waals surface area contributed by atoms with Crippen LogP contribution in [0.15, 0.2) is 70.6 Å². The number of terminal acetylenes is 1. The van der Waals surface area contributed by atoms with E-state index in [1.54, 1.807) is 41.0 Å². The Labute approximate surface area is 316 Å². The summed E-state index contributed by atoms with van der Waals surface area (Å²) in [5.74, 6) is 2.98. The van der Waals surface area contributed by atoms with Crippen molar-refractivity contribution in [1.82, 2.24) is 19.0 Å². The van der Waals surface area contributed by atoms with Crippen molar-refractivity contribution in [3.63, 3.8) is 0 Å². The summed E-state index contributed by atoms with van der Waals surface area (Å²) in [6, 6.07) is 15.6. The zero-order chi connectivity index (χ0) is 36.4. The summed E-state index contributed by atoms with van der Waals surface area (Å²) in [5.41, 5.74) is 1.90. The van der Waals surface area contributed by atoms with Crippen molar-refractivity contribution in [2.24, 2.45) is 4.99 Å². The lowest BCUT2D eigenvalue weighted by Gasteiger charge is -2.39. The number of urea groups is 1.